The van der Waals surface area contributed by atoms with Crippen molar-refractivity contribution >= 4 is 18.0 Å². The number of piperazine rings is 1. The van der Waals surface area contributed by atoms with E-state index in [0.717, 1.165) is 25.1 Å². The van der Waals surface area contributed by atoms with Crippen LogP contribution in [0.1, 0.15) is 74.1 Å². The highest BCUT2D eigenvalue weighted by molar-refractivity contribution is 5.70. The summed E-state index contributed by atoms with van der Waals surface area (Å²) in [6.45, 7) is 15.6. The highest BCUT2D eigenvalue weighted by Gasteiger charge is 2.52. The second-order valence-electron chi connectivity index (χ2n) is 14.3. The molecule has 0 aromatic rings. The molecule has 0 radical (unpaired) electrons. The van der Waals surface area contributed by atoms with Gasteiger partial charge in [-0.05, 0) is 51.8 Å². The standard InChI is InChI=1S/C37H60N2O10/c1-10-29(45-9)26(5)34(49-36(43)39-20-18-38(8)19-21-39)35-33(48-35)24(3)13-11-12-23(2)32-25(4)14-15-30(46-27(6)40)37(7,44)17-16-28(41)22-31(42)47-32/h11-15,24-26,28-30,32-35,41,44H,10,16-22H2,1-9H3/b13-11+,15-14+,23-12+. The Morgan fingerprint density at radius 3 is 2.43 bits per heavy atom. The van der Waals surface area contributed by atoms with Crippen LogP contribution in [0.15, 0.2) is 36.0 Å². The molecule has 278 valence electrons. The molecule has 11 atom stereocenters. The molecule has 0 spiro atoms. The summed E-state index contributed by atoms with van der Waals surface area (Å²) in [6.07, 6.45) is 6.09. The van der Waals surface area contributed by atoms with Crippen LogP contribution in [0.2, 0.25) is 0 Å². The van der Waals surface area contributed by atoms with Gasteiger partial charge in [-0.1, -0.05) is 52.0 Å². The van der Waals surface area contributed by atoms with Crippen molar-refractivity contribution in [3.63, 3.8) is 0 Å². The van der Waals surface area contributed by atoms with E-state index in [2.05, 4.69) is 11.8 Å². The molecule has 11 unspecified atom stereocenters. The van der Waals surface area contributed by atoms with Gasteiger partial charge in [0.15, 0.2) is 0 Å². The number of allylic oxidation sites excluding steroid dienone is 2. The molecule has 12 heteroatoms. The zero-order valence-corrected chi connectivity index (χ0v) is 30.9. The zero-order valence-electron chi connectivity index (χ0n) is 30.9. The van der Waals surface area contributed by atoms with Gasteiger partial charge in [-0.25, -0.2) is 4.79 Å². The van der Waals surface area contributed by atoms with E-state index in [9.17, 15) is 24.6 Å². The molecule has 2 N–H and O–H groups in total. The van der Waals surface area contributed by atoms with Gasteiger partial charge in [0.1, 0.15) is 30.0 Å². The molecule has 3 aliphatic rings. The smallest absolute Gasteiger partial charge is 0.410 e. The van der Waals surface area contributed by atoms with Gasteiger partial charge in [0.2, 0.25) is 0 Å². The Morgan fingerprint density at radius 2 is 1.82 bits per heavy atom. The number of epoxide rings is 1. The molecule has 3 rings (SSSR count). The predicted octanol–water partition coefficient (Wildman–Crippen LogP) is 4.04. The molecular weight excluding hydrogens is 632 g/mol. The lowest BCUT2D eigenvalue weighted by Crippen LogP contribution is -2.49. The van der Waals surface area contributed by atoms with Crippen LogP contribution < -0.4 is 0 Å². The second kappa shape index (κ2) is 18.5. The quantitative estimate of drug-likeness (QED) is 0.106. The number of likely N-dealkylation sites (N-methyl/N-ethyl adjacent to an activating group) is 1. The molecule has 2 saturated heterocycles. The van der Waals surface area contributed by atoms with Crippen molar-refractivity contribution < 1.29 is 48.3 Å². The first-order valence-corrected chi connectivity index (χ1v) is 17.7. The zero-order chi connectivity index (χ0) is 36.5. The third-order valence-electron chi connectivity index (χ3n) is 10.1. The van der Waals surface area contributed by atoms with Gasteiger partial charge < -0.3 is 43.7 Å². The molecule has 0 aromatic carbocycles. The first-order valence-electron chi connectivity index (χ1n) is 17.7. The Bertz CT molecular complexity index is 1190. The molecule has 1 amide bonds. The van der Waals surface area contributed by atoms with Gasteiger partial charge in [-0.15, -0.1) is 0 Å². The van der Waals surface area contributed by atoms with Gasteiger partial charge in [0.05, 0.1) is 24.7 Å². The summed E-state index contributed by atoms with van der Waals surface area (Å²) < 4.78 is 29.3. The van der Waals surface area contributed by atoms with Crippen molar-refractivity contribution in [2.45, 2.75) is 122 Å². The number of methoxy groups -OCH3 is 1. The molecule has 3 heterocycles. The van der Waals surface area contributed by atoms with Crippen LogP contribution in [0.4, 0.5) is 4.79 Å². The fourth-order valence-electron chi connectivity index (χ4n) is 6.66. The van der Waals surface area contributed by atoms with E-state index in [-0.39, 0.29) is 61.4 Å². The number of rotatable bonds is 11. The lowest BCUT2D eigenvalue weighted by Gasteiger charge is -2.34. The summed E-state index contributed by atoms with van der Waals surface area (Å²) >= 11 is 0. The third-order valence-corrected chi connectivity index (χ3v) is 10.1. The van der Waals surface area contributed by atoms with Crippen molar-refractivity contribution in [3.05, 3.63) is 36.0 Å². The summed E-state index contributed by atoms with van der Waals surface area (Å²) in [4.78, 5) is 41.7. The second-order valence-corrected chi connectivity index (χ2v) is 14.3. The number of nitrogens with zero attached hydrogens (tertiary/aromatic N) is 2. The van der Waals surface area contributed by atoms with Crippen molar-refractivity contribution in [2.75, 3.05) is 40.3 Å². The SMILES string of the molecule is CCC(OC)C(C)C(OC(=O)N1CCN(C)CC1)C1OC1C(C)/C=C/C=C(\C)C1OC(=O)CC(O)CCC(C)(O)C(OC(C)=O)/C=C/C1C. The lowest BCUT2D eigenvalue weighted by molar-refractivity contribution is -0.157. The molecule has 0 bridgehead atoms. The largest absolute Gasteiger partial charge is 0.457 e. The average molecular weight is 693 g/mol. The predicted molar refractivity (Wildman–Crippen MR) is 185 cm³/mol. The average Bonchev–Trinajstić information content (AvgIpc) is 3.84. The Morgan fingerprint density at radius 1 is 1.14 bits per heavy atom. The molecule has 49 heavy (non-hydrogen) atoms. The molecule has 12 nitrogen and oxygen atoms in total. The molecule has 0 aromatic heterocycles. The molecule has 0 aliphatic carbocycles. The van der Waals surface area contributed by atoms with Crippen molar-refractivity contribution in [2.24, 2.45) is 17.8 Å². The lowest BCUT2D eigenvalue weighted by atomic mass is 9.88. The van der Waals surface area contributed by atoms with E-state index < -0.39 is 42.0 Å². The van der Waals surface area contributed by atoms with Crippen LogP contribution in [-0.2, 0) is 33.3 Å². The first kappa shape index (κ1) is 40.7. The number of aliphatic hydroxyl groups excluding tert-OH is 1. The topological polar surface area (TPSA) is 148 Å². The number of carbonyl (C=O) groups excluding carboxylic acids is 3. The van der Waals surface area contributed by atoms with E-state index in [1.165, 1.54) is 6.92 Å². The van der Waals surface area contributed by atoms with E-state index in [1.807, 2.05) is 53.0 Å². The molecule has 3 aliphatic heterocycles. The molecular formula is C37H60N2O10. The first-order chi connectivity index (χ1) is 23.1. The summed E-state index contributed by atoms with van der Waals surface area (Å²) in [7, 11) is 3.72. The van der Waals surface area contributed by atoms with Gasteiger partial charge in [0, 0.05) is 58.0 Å². The van der Waals surface area contributed by atoms with Gasteiger partial charge in [-0.2, -0.15) is 0 Å². The Labute approximate surface area is 292 Å². The number of aliphatic hydroxyl groups is 2. The fourth-order valence-corrected chi connectivity index (χ4v) is 6.66. The molecule has 0 saturated carbocycles. The van der Waals surface area contributed by atoms with E-state index in [0.29, 0.717) is 13.1 Å². The van der Waals surface area contributed by atoms with Crippen LogP contribution in [0, 0.1) is 17.8 Å². The maximum Gasteiger partial charge on any atom is 0.410 e. The van der Waals surface area contributed by atoms with Gasteiger partial charge in [0.25, 0.3) is 0 Å². The molecule has 2 fully saturated rings. The highest BCUT2D eigenvalue weighted by Crippen LogP contribution is 2.39. The normalized spacial score (nSPS) is 33.7. The van der Waals surface area contributed by atoms with Crippen LogP contribution in [0.3, 0.4) is 0 Å². The van der Waals surface area contributed by atoms with E-state index >= 15 is 0 Å². The van der Waals surface area contributed by atoms with Gasteiger partial charge >= 0.3 is 18.0 Å². The third kappa shape index (κ3) is 11.9. The minimum Gasteiger partial charge on any atom is -0.457 e. The highest BCUT2D eigenvalue weighted by atomic mass is 16.6. The van der Waals surface area contributed by atoms with Crippen LogP contribution in [0.5, 0.6) is 0 Å². The number of ether oxygens (including phenoxy) is 5. The summed E-state index contributed by atoms with van der Waals surface area (Å²) in [5.74, 6) is -1.49. The fraction of sp³-hybridized carbons (Fsp3) is 0.757. The maximum absolute atomic E-state index is 13.2. The minimum atomic E-state index is -1.44. The number of carbonyl (C=O) groups is 3. The monoisotopic (exact) mass is 692 g/mol. The van der Waals surface area contributed by atoms with Crippen molar-refractivity contribution in [3.8, 4) is 0 Å². The summed E-state index contributed by atoms with van der Waals surface area (Å²) in [5.41, 5.74) is -0.669. The van der Waals surface area contributed by atoms with Crippen LogP contribution >= 0.6 is 0 Å². The van der Waals surface area contributed by atoms with Crippen molar-refractivity contribution in [1.29, 1.82) is 0 Å². The Hall–Kier alpha value is -2.77. The van der Waals surface area contributed by atoms with Gasteiger partial charge in [-0.3, -0.25) is 9.59 Å². The number of esters is 2. The number of amides is 1. The van der Waals surface area contributed by atoms with E-state index in [4.69, 9.17) is 23.7 Å². The Kier molecular flexibility index (Phi) is 15.3. The number of cyclic esters (lactones) is 1. The van der Waals surface area contributed by atoms with Crippen molar-refractivity contribution in [1.82, 2.24) is 9.80 Å². The number of hydrogen-bond acceptors (Lipinski definition) is 11. The number of hydrogen-bond donors (Lipinski definition) is 2. The summed E-state index contributed by atoms with van der Waals surface area (Å²) in [6, 6.07) is 0. The Balaban J connectivity index is 1.74. The van der Waals surface area contributed by atoms with Crippen LogP contribution in [0.25, 0.3) is 0 Å². The minimum absolute atomic E-state index is 0.00764. The van der Waals surface area contributed by atoms with E-state index in [1.54, 1.807) is 31.1 Å². The maximum atomic E-state index is 13.2. The van der Waals surface area contributed by atoms with Crippen LogP contribution in [-0.4, -0.2) is 127 Å². The summed E-state index contributed by atoms with van der Waals surface area (Å²) in [5, 5.41) is 21.5.